The van der Waals surface area contributed by atoms with Crippen molar-refractivity contribution < 1.29 is 4.79 Å². The molecular formula is C21H30O. The van der Waals surface area contributed by atoms with E-state index in [1.54, 1.807) is 0 Å². The van der Waals surface area contributed by atoms with Crippen LogP contribution in [0.1, 0.15) is 65.2 Å². The minimum Gasteiger partial charge on any atom is -0.299 e. The first-order valence-electron chi connectivity index (χ1n) is 9.13. The summed E-state index contributed by atoms with van der Waals surface area (Å²) < 4.78 is 0. The van der Waals surface area contributed by atoms with E-state index in [-0.39, 0.29) is 5.41 Å². The van der Waals surface area contributed by atoms with Crippen molar-refractivity contribution >= 4 is 5.78 Å². The van der Waals surface area contributed by atoms with Gasteiger partial charge in [0.05, 0.1) is 0 Å². The molecule has 3 aliphatic rings. The molecular weight excluding hydrogens is 268 g/mol. The monoisotopic (exact) mass is 298 g/mol. The standard InChI is InChI=1S/C21H30O/c1-4-8-15-12-13-18-17(16(15)5-2)9-7-14-21(3)19(18)10-6-11-20(21)22/h4-5,8,17-19H,2,6-7,9-14H2,1,3H3/b8-4-. The van der Waals surface area contributed by atoms with Crippen LogP contribution in [0.3, 0.4) is 0 Å². The molecule has 0 N–H and O–H groups in total. The zero-order valence-electron chi connectivity index (χ0n) is 14.2. The number of fused-ring (bicyclic) bond motifs is 3. The predicted molar refractivity (Wildman–Crippen MR) is 92.6 cm³/mol. The van der Waals surface area contributed by atoms with Crippen LogP contribution in [-0.4, -0.2) is 5.78 Å². The molecule has 0 aromatic heterocycles. The number of carbonyl (C=O) groups is 1. The van der Waals surface area contributed by atoms with Gasteiger partial charge in [-0.15, -0.1) is 0 Å². The predicted octanol–water partition coefficient (Wildman–Crippen LogP) is 5.63. The van der Waals surface area contributed by atoms with Gasteiger partial charge in [0, 0.05) is 11.8 Å². The number of hydrogen-bond donors (Lipinski definition) is 0. The molecule has 3 aliphatic carbocycles. The summed E-state index contributed by atoms with van der Waals surface area (Å²) >= 11 is 0. The highest BCUT2D eigenvalue weighted by atomic mass is 16.1. The van der Waals surface area contributed by atoms with Gasteiger partial charge in [0.25, 0.3) is 0 Å². The van der Waals surface area contributed by atoms with Crippen molar-refractivity contribution in [3.63, 3.8) is 0 Å². The van der Waals surface area contributed by atoms with Gasteiger partial charge in [0.15, 0.2) is 0 Å². The Hall–Kier alpha value is -1.11. The molecule has 22 heavy (non-hydrogen) atoms. The van der Waals surface area contributed by atoms with E-state index in [4.69, 9.17) is 0 Å². The van der Waals surface area contributed by atoms with Gasteiger partial charge in [-0.05, 0) is 74.3 Å². The molecule has 0 aromatic rings. The second kappa shape index (κ2) is 6.18. The molecule has 0 heterocycles. The Balaban J connectivity index is 1.99. The molecule has 0 bridgehead atoms. The maximum Gasteiger partial charge on any atom is 0.139 e. The second-order valence-corrected chi connectivity index (χ2v) is 7.73. The van der Waals surface area contributed by atoms with Crippen LogP contribution in [0.2, 0.25) is 0 Å². The van der Waals surface area contributed by atoms with E-state index in [0.717, 1.165) is 25.7 Å². The molecule has 4 unspecified atom stereocenters. The highest BCUT2D eigenvalue weighted by Gasteiger charge is 2.50. The van der Waals surface area contributed by atoms with Gasteiger partial charge in [-0.2, -0.15) is 0 Å². The minimum atomic E-state index is -0.0396. The van der Waals surface area contributed by atoms with E-state index in [2.05, 4.69) is 38.7 Å². The summed E-state index contributed by atoms with van der Waals surface area (Å²) in [5, 5.41) is 0. The van der Waals surface area contributed by atoms with Crippen molar-refractivity contribution in [2.24, 2.45) is 23.2 Å². The Labute approximate surface area is 135 Å². The molecule has 0 spiro atoms. The molecule has 3 rings (SSSR count). The van der Waals surface area contributed by atoms with E-state index in [9.17, 15) is 4.79 Å². The van der Waals surface area contributed by atoms with E-state index in [1.165, 1.54) is 36.8 Å². The summed E-state index contributed by atoms with van der Waals surface area (Å²) in [6.07, 6.45) is 15.7. The van der Waals surface area contributed by atoms with Crippen molar-refractivity contribution in [1.29, 1.82) is 0 Å². The molecule has 120 valence electrons. The molecule has 0 saturated heterocycles. The molecule has 0 aromatic carbocycles. The fourth-order valence-corrected chi connectivity index (χ4v) is 5.64. The van der Waals surface area contributed by atoms with Gasteiger partial charge in [-0.25, -0.2) is 0 Å². The summed E-state index contributed by atoms with van der Waals surface area (Å²) in [7, 11) is 0. The van der Waals surface area contributed by atoms with Crippen LogP contribution in [0, 0.1) is 23.2 Å². The minimum absolute atomic E-state index is 0.0396. The molecule has 1 nitrogen and oxygen atoms in total. The lowest BCUT2D eigenvalue weighted by molar-refractivity contribution is -0.136. The average molecular weight is 298 g/mol. The zero-order valence-corrected chi connectivity index (χ0v) is 14.2. The normalized spacial score (nSPS) is 39.4. The van der Waals surface area contributed by atoms with Crippen LogP contribution in [0.15, 0.2) is 36.0 Å². The van der Waals surface area contributed by atoms with Crippen molar-refractivity contribution in [1.82, 2.24) is 0 Å². The lowest BCUT2D eigenvalue weighted by atomic mass is 9.57. The summed E-state index contributed by atoms with van der Waals surface area (Å²) in [4.78, 5) is 12.7. The third-order valence-corrected chi connectivity index (χ3v) is 6.72. The first kappa shape index (κ1) is 15.8. The van der Waals surface area contributed by atoms with Crippen molar-refractivity contribution in [3.8, 4) is 0 Å². The van der Waals surface area contributed by atoms with E-state index in [0.29, 0.717) is 23.5 Å². The Morgan fingerprint density at radius 2 is 2.00 bits per heavy atom. The number of ketones is 1. The SMILES string of the molecule is C=CC1=C(/C=C\C)CCC2C1CCCC1(C)C(=O)CCCC21. The van der Waals surface area contributed by atoms with E-state index < -0.39 is 0 Å². The maximum atomic E-state index is 12.7. The molecule has 4 atom stereocenters. The van der Waals surface area contributed by atoms with Crippen LogP contribution in [0.4, 0.5) is 0 Å². The van der Waals surface area contributed by atoms with Gasteiger partial charge in [-0.1, -0.05) is 38.2 Å². The third kappa shape index (κ3) is 2.43. The fourth-order valence-electron chi connectivity index (χ4n) is 5.64. The van der Waals surface area contributed by atoms with Gasteiger partial charge in [0.1, 0.15) is 5.78 Å². The molecule has 2 saturated carbocycles. The smallest absolute Gasteiger partial charge is 0.139 e. The number of carbonyl (C=O) groups excluding carboxylic acids is 1. The van der Waals surface area contributed by atoms with Gasteiger partial charge < -0.3 is 0 Å². The number of rotatable bonds is 2. The third-order valence-electron chi connectivity index (χ3n) is 6.72. The van der Waals surface area contributed by atoms with Gasteiger partial charge in [-0.3, -0.25) is 4.79 Å². The van der Waals surface area contributed by atoms with Gasteiger partial charge in [0.2, 0.25) is 0 Å². The number of hydrogen-bond acceptors (Lipinski definition) is 1. The van der Waals surface area contributed by atoms with Crippen LogP contribution in [0.5, 0.6) is 0 Å². The highest BCUT2D eigenvalue weighted by Crippen LogP contribution is 2.55. The first-order valence-corrected chi connectivity index (χ1v) is 9.13. The molecule has 0 radical (unpaired) electrons. The summed E-state index contributed by atoms with van der Waals surface area (Å²) in [6, 6.07) is 0. The Bertz CT molecular complexity index is 524. The van der Waals surface area contributed by atoms with Crippen LogP contribution < -0.4 is 0 Å². The summed E-state index contributed by atoms with van der Waals surface area (Å²) in [5.41, 5.74) is 2.93. The van der Waals surface area contributed by atoms with Gasteiger partial charge >= 0.3 is 0 Å². The molecule has 0 aliphatic heterocycles. The quantitative estimate of drug-likeness (QED) is 0.645. The van der Waals surface area contributed by atoms with Crippen LogP contribution in [0.25, 0.3) is 0 Å². The van der Waals surface area contributed by atoms with Crippen LogP contribution in [-0.2, 0) is 4.79 Å². The van der Waals surface area contributed by atoms with E-state index in [1.807, 2.05) is 0 Å². The maximum absolute atomic E-state index is 12.7. The first-order chi connectivity index (χ1) is 10.6. The number of allylic oxidation sites excluding steroid dienone is 5. The molecule has 2 fully saturated rings. The topological polar surface area (TPSA) is 17.1 Å². The summed E-state index contributed by atoms with van der Waals surface area (Å²) in [5.74, 6) is 2.48. The number of Topliss-reactive ketones (excluding diaryl/α,β-unsaturated/α-hetero) is 1. The van der Waals surface area contributed by atoms with Crippen molar-refractivity contribution in [2.45, 2.75) is 65.2 Å². The highest BCUT2D eigenvalue weighted by molar-refractivity contribution is 5.85. The second-order valence-electron chi connectivity index (χ2n) is 7.73. The van der Waals surface area contributed by atoms with Crippen LogP contribution >= 0.6 is 0 Å². The Morgan fingerprint density at radius 3 is 2.73 bits per heavy atom. The molecule has 0 amide bonds. The molecule has 1 heteroatoms. The Morgan fingerprint density at radius 1 is 1.18 bits per heavy atom. The summed E-state index contributed by atoms with van der Waals surface area (Å²) in [6.45, 7) is 8.50. The zero-order chi connectivity index (χ0) is 15.7. The van der Waals surface area contributed by atoms with E-state index >= 15 is 0 Å². The lowest BCUT2D eigenvalue weighted by Crippen LogP contribution is -2.44. The Kier molecular flexibility index (Phi) is 4.43. The average Bonchev–Trinajstić information content (AvgIpc) is 2.66. The fraction of sp³-hybridized carbons (Fsp3) is 0.667. The van der Waals surface area contributed by atoms with Crippen molar-refractivity contribution in [2.75, 3.05) is 0 Å². The lowest BCUT2D eigenvalue weighted by Gasteiger charge is -2.46. The van der Waals surface area contributed by atoms with Crippen molar-refractivity contribution in [3.05, 3.63) is 36.0 Å². The largest absolute Gasteiger partial charge is 0.299 e.